The molecule has 102 valence electrons. The summed E-state index contributed by atoms with van der Waals surface area (Å²) in [6.07, 6.45) is 0.804. The number of rotatable bonds is 2. The van der Waals surface area contributed by atoms with E-state index in [0.29, 0.717) is 18.7 Å². The number of fused-ring (bicyclic) bond motifs is 1. The van der Waals surface area contributed by atoms with E-state index in [9.17, 15) is 4.79 Å². The maximum Gasteiger partial charge on any atom is 0.280 e. The van der Waals surface area contributed by atoms with E-state index >= 15 is 0 Å². The monoisotopic (exact) mass is 266 g/mol. The number of ether oxygens (including phenoxy) is 1. The Balaban J connectivity index is 2.03. The molecule has 1 unspecified atom stereocenters. The first kappa shape index (κ1) is 12.1. The maximum atomic E-state index is 11.7. The van der Waals surface area contributed by atoms with Gasteiger partial charge in [-0.15, -0.1) is 0 Å². The Bertz CT molecular complexity index is 650. The Morgan fingerprint density at radius 2 is 2.42 bits per heavy atom. The Morgan fingerprint density at radius 1 is 1.58 bits per heavy atom. The average Bonchev–Trinajstić information content (AvgIpc) is 2.82. The number of anilines is 1. The second kappa shape index (κ2) is 4.61. The molecule has 0 saturated carbocycles. The predicted octanol–water partition coefficient (Wildman–Crippen LogP) is -1.82. The first-order chi connectivity index (χ1) is 9.19. The molecule has 2 aromatic rings. The molecule has 1 saturated heterocycles. The summed E-state index contributed by atoms with van der Waals surface area (Å²) < 4.78 is 7.32. The van der Waals surface area contributed by atoms with Crippen molar-refractivity contribution in [3.05, 3.63) is 16.7 Å². The lowest BCUT2D eigenvalue weighted by Crippen LogP contribution is -2.44. The molecule has 3 rings (SSSR count). The molecule has 1 aliphatic rings. The van der Waals surface area contributed by atoms with E-state index in [1.807, 2.05) is 0 Å². The van der Waals surface area contributed by atoms with Gasteiger partial charge in [0.05, 0.1) is 19.0 Å². The summed E-state index contributed by atoms with van der Waals surface area (Å²) in [7, 11) is 0. The molecule has 0 amide bonds. The largest absolute Gasteiger partial charge is 0.394 e. The SMILES string of the molecule is Nc1nc2c(ncn2[C@H]2CNCC(CO)O2)c(=O)[nH]1. The van der Waals surface area contributed by atoms with Gasteiger partial charge in [0.1, 0.15) is 6.23 Å². The molecule has 1 aliphatic heterocycles. The summed E-state index contributed by atoms with van der Waals surface area (Å²) in [5, 5.41) is 12.3. The molecule has 1 fully saturated rings. The van der Waals surface area contributed by atoms with Gasteiger partial charge in [-0.05, 0) is 0 Å². The maximum absolute atomic E-state index is 11.7. The molecule has 2 aromatic heterocycles. The van der Waals surface area contributed by atoms with Gasteiger partial charge in [0, 0.05) is 13.1 Å². The third kappa shape index (κ3) is 2.07. The number of hydrogen-bond donors (Lipinski definition) is 4. The number of aromatic nitrogens is 4. The van der Waals surface area contributed by atoms with Crippen LogP contribution in [0.3, 0.4) is 0 Å². The summed E-state index contributed by atoms with van der Waals surface area (Å²) in [6.45, 7) is 1.04. The van der Waals surface area contributed by atoms with Gasteiger partial charge in [-0.2, -0.15) is 4.98 Å². The zero-order chi connectivity index (χ0) is 13.4. The van der Waals surface area contributed by atoms with E-state index in [2.05, 4.69) is 20.3 Å². The van der Waals surface area contributed by atoms with Crippen molar-refractivity contribution in [3.8, 4) is 0 Å². The second-order valence-corrected chi connectivity index (χ2v) is 4.33. The number of nitrogens with zero attached hydrogens (tertiary/aromatic N) is 3. The zero-order valence-electron chi connectivity index (χ0n) is 10.0. The van der Waals surface area contributed by atoms with Crippen molar-refractivity contribution in [1.29, 1.82) is 0 Å². The summed E-state index contributed by atoms with van der Waals surface area (Å²) >= 11 is 0. The van der Waals surface area contributed by atoms with Crippen LogP contribution in [-0.2, 0) is 4.74 Å². The second-order valence-electron chi connectivity index (χ2n) is 4.33. The highest BCUT2D eigenvalue weighted by Crippen LogP contribution is 2.18. The number of aliphatic hydroxyl groups is 1. The predicted molar refractivity (Wildman–Crippen MR) is 66.4 cm³/mol. The van der Waals surface area contributed by atoms with Crippen molar-refractivity contribution in [2.45, 2.75) is 12.3 Å². The lowest BCUT2D eigenvalue weighted by Gasteiger charge is -2.30. The molecule has 3 heterocycles. The van der Waals surface area contributed by atoms with E-state index in [1.54, 1.807) is 4.57 Å². The first-order valence-corrected chi connectivity index (χ1v) is 5.88. The van der Waals surface area contributed by atoms with Gasteiger partial charge in [-0.1, -0.05) is 0 Å². The number of imidazole rings is 1. The van der Waals surface area contributed by atoms with Crippen LogP contribution < -0.4 is 16.6 Å². The van der Waals surface area contributed by atoms with Gasteiger partial charge in [0.2, 0.25) is 5.95 Å². The van der Waals surface area contributed by atoms with Crippen molar-refractivity contribution in [2.24, 2.45) is 0 Å². The van der Waals surface area contributed by atoms with Crippen molar-refractivity contribution in [2.75, 3.05) is 25.4 Å². The topological polar surface area (TPSA) is 131 Å². The highest BCUT2D eigenvalue weighted by Gasteiger charge is 2.25. The quantitative estimate of drug-likeness (QED) is 0.503. The fraction of sp³-hybridized carbons (Fsp3) is 0.500. The molecule has 0 aromatic carbocycles. The van der Waals surface area contributed by atoms with Crippen LogP contribution in [0.15, 0.2) is 11.1 Å². The number of morpholine rings is 1. The Hall–Kier alpha value is -1.97. The Morgan fingerprint density at radius 3 is 3.21 bits per heavy atom. The van der Waals surface area contributed by atoms with Crippen LogP contribution in [0.5, 0.6) is 0 Å². The number of hydrogen-bond acceptors (Lipinski definition) is 7. The summed E-state index contributed by atoms with van der Waals surface area (Å²) in [6, 6.07) is 0. The fourth-order valence-electron chi connectivity index (χ4n) is 2.11. The van der Waals surface area contributed by atoms with E-state index in [4.69, 9.17) is 15.6 Å². The van der Waals surface area contributed by atoms with Crippen molar-refractivity contribution < 1.29 is 9.84 Å². The molecule has 0 aliphatic carbocycles. The molecule has 9 heteroatoms. The molecule has 5 N–H and O–H groups in total. The van der Waals surface area contributed by atoms with Crippen LogP contribution in [0.2, 0.25) is 0 Å². The first-order valence-electron chi connectivity index (χ1n) is 5.88. The highest BCUT2D eigenvalue weighted by molar-refractivity contribution is 5.70. The van der Waals surface area contributed by atoms with Crippen molar-refractivity contribution in [3.63, 3.8) is 0 Å². The Labute approximate surface area is 107 Å². The molecular formula is C10H14N6O3. The summed E-state index contributed by atoms with van der Waals surface area (Å²) in [4.78, 5) is 22.1. The van der Waals surface area contributed by atoms with E-state index < -0.39 is 0 Å². The molecule has 0 radical (unpaired) electrons. The molecular weight excluding hydrogens is 252 g/mol. The van der Waals surface area contributed by atoms with Crippen molar-refractivity contribution in [1.82, 2.24) is 24.8 Å². The minimum absolute atomic E-state index is 0.0294. The summed E-state index contributed by atoms with van der Waals surface area (Å²) in [5.74, 6) is 0.0294. The number of nitrogens with one attached hydrogen (secondary N) is 2. The van der Waals surface area contributed by atoms with Crippen LogP contribution in [0, 0.1) is 0 Å². The molecule has 0 spiro atoms. The normalized spacial score (nSPS) is 23.8. The number of aromatic amines is 1. The van der Waals surface area contributed by atoms with Crippen LogP contribution in [0.25, 0.3) is 11.2 Å². The van der Waals surface area contributed by atoms with E-state index in [1.165, 1.54) is 6.33 Å². The number of aliphatic hydroxyl groups excluding tert-OH is 1. The van der Waals surface area contributed by atoms with Gasteiger partial charge in [-0.3, -0.25) is 14.3 Å². The Kier molecular flexibility index (Phi) is 2.93. The van der Waals surface area contributed by atoms with Crippen LogP contribution in [0.4, 0.5) is 5.95 Å². The van der Waals surface area contributed by atoms with Gasteiger partial charge in [0.25, 0.3) is 5.56 Å². The van der Waals surface area contributed by atoms with Crippen molar-refractivity contribution >= 4 is 17.1 Å². The lowest BCUT2D eigenvalue weighted by molar-refractivity contribution is -0.0933. The standard InChI is InChI=1S/C10H14N6O3/c11-10-14-8-7(9(18)15-10)13-4-16(8)6-2-12-1-5(3-17)19-6/h4-6,12,17H,1-3H2,(H3,11,14,15,18)/t5?,6-/m1/s1. The smallest absolute Gasteiger partial charge is 0.280 e. The van der Waals surface area contributed by atoms with Gasteiger partial charge >= 0.3 is 0 Å². The van der Waals surface area contributed by atoms with Crippen LogP contribution in [-0.4, -0.2) is 50.4 Å². The van der Waals surface area contributed by atoms with Gasteiger partial charge in [0.15, 0.2) is 11.2 Å². The van der Waals surface area contributed by atoms with Gasteiger partial charge in [-0.25, -0.2) is 4.98 Å². The molecule has 9 nitrogen and oxygen atoms in total. The molecule has 2 atom stereocenters. The third-order valence-corrected chi connectivity index (χ3v) is 3.01. The highest BCUT2D eigenvalue weighted by atomic mass is 16.5. The minimum atomic E-state index is -0.385. The van der Waals surface area contributed by atoms with E-state index in [0.717, 1.165) is 0 Å². The molecule has 19 heavy (non-hydrogen) atoms. The fourth-order valence-corrected chi connectivity index (χ4v) is 2.11. The van der Waals surface area contributed by atoms with Gasteiger partial charge < -0.3 is 20.9 Å². The molecule has 0 bridgehead atoms. The zero-order valence-corrected chi connectivity index (χ0v) is 10.0. The number of nitrogen functional groups attached to an aromatic ring is 1. The third-order valence-electron chi connectivity index (χ3n) is 3.01. The van der Waals surface area contributed by atoms with Crippen LogP contribution >= 0.6 is 0 Å². The number of nitrogens with two attached hydrogens (primary N) is 1. The minimum Gasteiger partial charge on any atom is -0.394 e. The lowest BCUT2D eigenvalue weighted by atomic mass is 10.3. The van der Waals surface area contributed by atoms with Crippen LogP contribution in [0.1, 0.15) is 6.23 Å². The van der Waals surface area contributed by atoms with E-state index in [-0.39, 0.29) is 36.0 Å². The number of H-pyrrole nitrogens is 1. The summed E-state index contributed by atoms with van der Waals surface area (Å²) in [5.41, 5.74) is 5.73. The average molecular weight is 266 g/mol.